The fourth-order valence-electron chi connectivity index (χ4n) is 2.23. The normalized spacial score (nSPS) is 11.4. The maximum Gasteiger partial charge on any atom is 0.154 e. The fraction of sp³-hybridized carbons (Fsp3) is 0.0714. The lowest BCUT2D eigenvalue weighted by Crippen LogP contribution is -1.92. The van der Waals surface area contributed by atoms with E-state index in [1.807, 2.05) is 29.8 Å². The molecule has 3 heterocycles. The Morgan fingerprint density at radius 1 is 1.21 bits per heavy atom. The van der Waals surface area contributed by atoms with Crippen molar-refractivity contribution in [1.29, 1.82) is 0 Å². The van der Waals surface area contributed by atoms with Crippen LogP contribution in [-0.4, -0.2) is 19.6 Å². The summed E-state index contributed by atoms with van der Waals surface area (Å²) >= 11 is 1.71. The minimum absolute atomic E-state index is 0.854. The average Bonchev–Trinajstić information content (AvgIpc) is 2.99. The molecule has 0 radical (unpaired) electrons. The summed E-state index contributed by atoms with van der Waals surface area (Å²) in [6.45, 7) is 2.03. The number of fused-ring (bicyclic) bond motifs is 2. The fourth-order valence-corrected chi connectivity index (χ4v) is 3.04. The van der Waals surface area contributed by atoms with Crippen molar-refractivity contribution in [2.75, 3.05) is 0 Å². The highest BCUT2D eigenvalue weighted by Gasteiger charge is 2.08. The van der Waals surface area contributed by atoms with Crippen LogP contribution in [0.25, 0.3) is 27.1 Å². The van der Waals surface area contributed by atoms with Gasteiger partial charge in [-0.05, 0) is 31.2 Å². The Labute approximate surface area is 113 Å². The van der Waals surface area contributed by atoms with Gasteiger partial charge >= 0.3 is 0 Å². The van der Waals surface area contributed by atoms with Crippen molar-refractivity contribution < 1.29 is 0 Å². The van der Waals surface area contributed by atoms with E-state index in [1.165, 1.54) is 4.70 Å². The first-order valence-electron chi connectivity index (χ1n) is 5.97. The predicted octanol–water partition coefficient (Wildman–Crippen LogP) is 3.31. The number of hydrogen-bond acceptors (Lipinski definition) is 4. The van der Waals surface area contributed by atoms with E-state index in [1.54, 1.807) is 17.5 Å². The zero-order chi connectivity index (χ0) is 12.8. The molecule has 0 bridgehead atoms. The SMILES string of the molecule is Cc1nc2cc(-c3cnc4cccnn34)ccc2s1. The molecule has 0 atom stereocenters. The average molecular weight is 266 g/mol. The van der Waals surface area contributed by atoms with Crippen molar-refractivity contribution >= 4 is 27.2 Å². The molecule has 0 amide bonds. The molecular formula is C14H10N4S. The minimum Gasteiger partial charge on any atom is -0.241 e. The molecule has 0 spiro atoms. The lowest BCUT2D eigenvalue weighted by molar-refractivity contribution is 0.943. The molecule has 92 valence electrons. The van der Waals surface area contributed by atoms with Crippen molar-refractivity contribution in [3.8, 4) is 11.3 Å². The van der Waals surface area contributed by atoms with Crippen molar-refractivity contribution in [2.45, 2.75) is 6.92 Å². The van der Waals surface area contributed by atoms with Crippen LogP contribution in [0.4, 0.5) is 0 Å². The molecule has 0 saturated carbocycles. The Bertz CT molecular complexity index is 891. The standard InChI is InChI=1S/C14H10N4S/c1-9-17-11-7-10(4-5-13(11)19-9)12-8-15-14-3-2-6-16-18(12)14/h2-8H,1H3. The van der Waals surface area contributed by atoms with Gasteiger partial charge in [-0.2, -0.15) is 5.10 Å². The molecule has 5 heteroatoms. The summed E-state index contributed by atoms with van der Waals surface area (Å²) in [5.74, 6) is 0. The summed E-state index contributed by atoms with van der Waals surface area (Å²) in [4.78, 5) is 8.90. The van der Waals surface area contributed by atoms with E-state index in [2.05, 4.69) is 33.3 Å². The number of benzene rings is 1. The summed E-state index contributed by atoms with van der Waals surface area (Å²) in [5.41, 5.74) is 3.96. The van der Waals surface area contributed by atoms with Crippen molar-refractivity contribution in [3.63, 3.8) is 0 Å². The van der Waals surface area contributed by atoms with Crippen LogP contribution < -0.4 is 0 Å². The van der Waals surface area contributed by atoms with Crippen LogP contribution in [0, 0.1) is 6.92 Å². The van der Waals surface area contributed by atoms with Gasteiger partial charge in [-0.15, -0.1) is 11.3 Å². The second-order valence-corrected chi connectivity index (χ2v) is 5.59. The molecule has 0 N–H and O–H groups in total. The highest BCUT2D eigenvalue weighted by Crippen LogP contribution is 2.27. The summed E-state index contributed by atoms with van der Waals surface area (Å²) < 4.78 is 3.06. The molecule has 1 aromatic carbocycles. The Balaban J connectivity index is 1.98. The van der Waals surface area contributed by atoms with Gasteiger partial charge in [-0.25, -0.2) is 14.5 Å². The first-order chi connectivity index (χ1) is 9.31. The molecule has 0 fully saturated rings. The van der Waals surface area contributed by atoms with Gasteiger partial charge in [0.05, 0.1) is 27.1 Å². The third kappa shape index (κ3) is 1.62. The molecule has 4 rings (SSSR count). The maximum absolute atomic E-state index is 4.53. The van der Waals surface area contributed by atoms with E-state index in [-0.39, 0.29) is 0 Å². The van der Waals surface area contributed by atoms with Crippen LogP contribution >= 0.6 is 11.3 Å². The van der Waals surface area contributed by atoms with Crippen molar-refractivity contribution in [3.05, 3.63) is 47.7 Å². The monoisotopic (exact) mass is 266 g/mol. The summed E-state index contributed by atoms with van der Waals surface area (Å²) in [5, 5.41) is 5.43. The predicted molar refractivity (Wildman–Crippen MR) is 76.3 cm³/mol. The third-order valence-corrected chi connectivity index (χ3v) is 4.02. The third-order valence-electron chi connectivity index (χ3n) is 3.07. The molecule has 0 aliphatic rings. The molecule has 19 heavy (non-hydrogen) atoms. The highest BCUT2D eigenvalue weighted by molar-refractivity contribution is 7.18. The van der Waals surface area contributed by atoms with Crippen LogP contribution in [0.1, 0.15) is 5.01 Å². The molecule has 4 nitrogen and oxygen atoms in total. The van der Waals surface area contributed by atoms with E-state index < -0.39 is 0 Å². The van der Waals surface area contributed by atoms with Crippen LogP contribution in [0.2, 0.25) is 0 Å². The number of aromatic nitrogens is 4. The van der Waals surface area contributed by atoms with Gasteiger partial charge in [0.25, 0.3) is 0 Å². The zero-order valence-electron chi connectivity index (χ0n) is 10.2. The number of rotatable bonds is 1. The Morgan fingerprint density at radius 3 is 3.11 bits per heavy atom. The van der Waals surface area contributed by atoms with Gasteiger partial charge in [0.2, 0.25) is 0 Å². The summed E-state index contributed by atoms with van der Waals surface area (Å²) in [6, 6.07) is 10.1. The van der Waals surface area contributed by atoms with Gasteiger partial charge in [0.1, 0.15) is 0 Å². The molecule has 4 aromatic rings. The van der Waals surface area contributed by atoms with E-state index in [0.717, 1.165) is 27.4 Å². The Kier molecular flexibility index (Phi) is 2.16. The number of nitrogens with zero attached hydrogens (tertiary/aromatic N) is 4. The van der Waals surface area contributed by atoms with Gasteiger partial charge in [0, 0.05) is 11.8 Å². The van der Waals surface area contributed by atoms with Gasteiger partial charge in [-0.3, -0.25) is 0 Å². The zero-order valence-corrected chi connectivity index (χ0v) is 11.1. The van der Waals surface area contributed by atoms with Gasteiger partial charge < -0.3 is 0 Å². The number of imidazole rings is 1. The van der Waals surface area contributed by atoms with E-state index >= 15 is 0 Å². The van der Waals surface area contributed by atoms with Crippen LogP contribution in [0.3, 0.4) is 0 Å². The minimum atomic E-state index is 0.854. The summed E-state index contributed by atoms with van der Waals surface area (Å²) in [7, 11) is 0. The lowest BCUT2D eigenvalue weighted by Gasteiger charge is -2.00. The van der Waals surface area contributed by atoms with E-state index in [4.69, 9.17) is 0 Å². The Morgan fingerprint density at radius 2 is 2.16 bits per heavy atom. The molecule has 0 aliphatic heterocycles. The second kappa shape index (κ2) is 3.86. The van der Waals surface area contributed by atoms with Crippen LogP contribution in [0.15, 0.2) is 42.7 Å². The molecule has 0 saturated heterocycles. The first kappa shape index (κ1) is 10.6. The molecule has 0 unspecified atom stereocenters. The second-order valence-electron chi connectivity index (χ2n) is 4.35. The van der Waals surface area contributed by atoms with Gasteiger partial charge in [0.15, 0.2) is 5.65 Å². The number of hydrogen-bond donors (Lipinski definition) is 0. The summed E-state index contributed by atoms with van der Waals surface area (Å²) in [6.07, 6.45) is 3.62. The highest BCUT2D eigenvalue weighted by atomic mass is 32.1. The molecular weight excluding hydrogens is 256 g/mol. The Hall–Kier alpha value is -2.27. The number of thiazole rings is 1. The van der Waals surface area contributed by atoms with Crippen LogP contribution in [0.5, 0.6) is 0 Å². The number of aryl methyl sites for hydroxylation is 1. The van der Waals surface area contributed by atoms with Crippen molar-refractivity contribution in [2.24, 2.45) is 0 Å². The van der Waals surface area contributed by atoms with E-state index in [9.17, 15) is 0 Å². The maximum atomic E-state index is 4.53. The quantitative estimate of drug-likeness (QED) is 0.531. The van der Waals surface area contributed by atoms with Crippen LogP contribution in [-0.2, 0) is 0 Å². The van der Waals surface area contributed by atoms with E-state index in [0.29, 0.717) is 0 Å². The molecule has 0 aliphatic carbocycles. The largest absolute Gasteiger partial charge is 0.241 e. The smallest absolute Gasteiger partial charge is 0.154 e. The van der Waals surface area contributed by atoms with Gasteiger partial charge in [-0.1, -0.05) is 6.07 Å². The topological polar surface area (TPSA) is 43.1 Å². The van der Waals surface area contributed by atoms with Crippen molar-refractivity contribution in [1.82, 2.24) is 19.6 Å². The first-order valence-corrected chi connectivity index (χ1v) is 6.79. The molecule has 3 aromatic heterocycles. The lowest BCUT2D eigenvalue weighted by atomic mass is 10.1.